The third-order valence-corrected chi connectivity index (χ3v) is 2.99. The Bertz CT molecular complexity index is 302. The molecule has 0 aliphatic carbocycles. The van der Waals surface area contributed by atoms with Crippen LogP contribution in [0.15, 0.2) is 42.6 Å². The van der Waals surface area contributed by atoms with Crippen LogP contribution in [0.5, 0.6) is 0 Å². The number of benzene rings is 1. The summed E-state index contributed by atoms with van der Waals surface area (Å²) in [5.41, 5.74) is 1.47. The molecule has 1 N–H and O–H groups in total. The second-order valence-corrected chi connectivity index (χ2v) is 4.30. The van der Waals surface area contributed by atoms with Gasteiger partial charge in [0.1, 0.15) is 0 Å². The van der Waals surface area contributed by atoms with Gasteiger partial charge in [0, 0.05) is 6.54 Å². The molecule has 1 aromatic carbocycles. The van der Waals surface area contributed by atoms with Crippen molar-refractivity contribution in [2.24, 2.45) is 5.92 Å². The van der Waals surface area contributed by atoms with Gasteiger partial charge in [0.2, 0.25) is 0 Å². The van der Waals surface area contributed by atoms with Crippen LogP contribution in [0.1, 0.15) is 24.8 Å². The van der Waals surface area contributed by atoms with E-state index in [2.05, 4.69) is 47.9 Å². The molecule has 1 atom stereocenters. The molecule has 2 rings (SSSR count). The lowest BCUT2D eigenvalue weighted by molar-refractivity contribution is 0.448. The van der Waals surface area contributed by atoms with Crippen molar-refractivity contribution in [1.29, 1.82) is 0 Å². The third-order valence-electron chi connectivity index (χ3n) is 2.99. The summed E-state index contributed by atoms with van der Waals surface area (Å²) in [4.78, 5) is 0. The maximum Gasteiger partial charge on any atom is 0.0172 e. The Morgan fingerprint density at radius 3 is 2.93 bits per heavy atom. The van der Waals surface area contributed by atoms with Crippen molar-refractivity contribution in [3.63, 3.8) is 0 Å². The number of nitrogens with one attached hydrogen (secondary N) is 1. The molecule has 0 saturated heterocycles. The van der Waals surface area contributed by atoms with Crippen molar-refractivity contribution in [2.45, 2.75) is 25.7 Å². The van der Waals surface area contributed by atoms with Gasteiger partial charge in [-0.1, -0.05) is 36.4 Å². The molecule has 1 heteroatoms. The highest BCUT2D eigenvalue weighted by Crippen LogP contribution is 2.16. The van der Waals surface area contributed by atoms with Gasteiger partial charge in [-0.05, 0) is 43.4 Å². The maximum absolute atomic E-state index is 3.38. The van der Waals surface area contributed by atoms with Crippen LogP contribution in [-0.2, 0) is 6.42 Å². The van der Waals surface area contributed by atoms with E-state index in [0.29, 0.717) is 0 Å². The topological polar surface area (TPSA) is 12.0 Å². The molecule has 1 heterocycles. The van der Waals surface area contributed by atoms with Gasteiger partial charge < -0.3 is 5.32 Å². The van der Waals surface area contributed by atoms with Crippen molar-refractivity contribution in [1.82, 2.24) is 5.32 Å². The molecule has 1 unspecified atom stereocenters. The average Bonchev–Trinajstić information content (AvgIpc) is 2.23. The zero-order chi connectivity index (χ0) is 10.3. The highest BCUT2D eigenvalue weighted by atomic mass is 14.8. The Morgan fingerprint density at radius 1 is 1.20 bits per heavy atom. The molecule has 0 bridgehead atoms. The van der Waals surface area contributed by atoms with Gasteiger partial charge in [-0.3, -0.25) is 0 Å². The van der Waals surface area contributed by atoms with Crippen molar-refractivity contribution in [3.8, 4) is 0 Å². The van der Waals surface area contributed by atoms with Crippen molar-refractivity contribution >= 4 is 0 Å². The lowest BCUT2D eigenvalue weighted by atomic mass is 9.93. The van der Waals surface area contributed by atoms with Crippen LogP contribution in [-0.4, -0.2) is 6.54 Å². The van der Waals surface area contributed by atoms with Crippen LogP contribution in [0, 0.1) is 5.92 Å². The van der Waals surface area contributed by atoms with E-state index in [0.717, 1.165) is 12.5 Å². The van der Waals surface area contributed by atoms with Crippen molar-refractivity contribution in [3.05, 3.63) is 48.2 Å². The fourth-order valence-electron chi connectivity index (χ4n) is 2.15. The van der Waals surface area contributed by atoms with Crippen LogP contribution < -0.4 is 5.32 Å². The first kappa shape index (κ1) is 10.3. The number of rotatable bonds is 2. The minimum Gasteiger partial charge on any atom is -0.391 e. The first-order valence-corrected chi connectivity index (χ1v) is 5.87. The SMILES string of the molecule is C1=CNCC(Cc2ccccc2)CCC1. The smallest absolute Gasteiger partial charge is 0.0172 e. The summed E-state index contributed by atoms with van der Waals surface area (Å²) in [5.74, 6) is 0.789. The summed E-state index contributed by atoms with van der Waals surface area (Å²) < 4.78 is 0. The Kier molecular flexibility index (Phi) is 3.84. The minimum absolute atomic E-state index is 0.789. The maximum atomic E-state index is 3.38. The second kappa shape index (κ2) is 5.59. The second-order valence-electron chi connectivity index (χ2n) is 4.30. The van der Waals surface area contributed by atoms with Gasteiger partial charge in [-0.2, -0.15) is 0 Å². The van der Waals surface area contributed by atoms with Crippen LogP contribution in [0.2, 0.25) is 0 Å². The van der Waals surface area contributed by atoms with E-state index < -0.39 is 0 Å². The summed E-state index contributed by atoms with van der Waals surface area (Å²) in [5, 5.41) is 3.38. The van der Waals surface area contributed by atoms with Crippen molar-refractivity contribution < 1.29 is 0 Å². The zero-order valence-electron chi connectivity index (χ0n) is 9.15. The van der Waals surface area contributed by atoms with E-state index in [4.69, 9.17) is 0 Å². The molecule has 0 saturated carbocycles. The minimum atomic E-state index is 0.789. The first-order valence-electron chi connectivity index (χ1n) is 5.87. The molecule has 0 spiro atoms. The monoisotopic (exact) mass is 201 g/mol. The molecule has 0 radical (unpaired) electrons. The summed E-state index contributed by atoms with van der Waals surface area (Å²) in [7, 11) is 0. The molecule has 0 fully saturated rings. The zero-order valence-corrected chi connectivity index (χ0v) is 9.15. The Balaban J connectivity index is 1.90. The summed E-state index contributed by atoms with van der Waals surface area (Å²) in [6.07, 6.45) is 9.44. The van der Waals surface area contributed by atoms with E-state index in [1.807, 2.05) is 0 Å². The largest absolute Gasteiger partial charge is 0.391 e. The fourth-order valence-corrected chi connectivity index (χ4v) is 2.15. The lowest BCUT2D eigenvalue weighted by Crippen LogP contribution is -2.21. The normalized spacial score (nSPS) is 21.5. The van der Waals surface area contributed by atoms with Gasteiger partial charge in [0.25, 0.3) is 0 Å². The quantitative estimate of drug-likeness (QED) is 0.775. The molecular weight excluding hydrogens is 182 g/mol. The van der Waals surface area contributed by atoms with E-state index in [9.17, 15) is 0 Å². The van der Waals surface area contributed by atoms with Gasteiger partial charge in [-0.15, -0.1) is 0 Å². The molecular formula is C14H19N. The Hall–Kier alpha value is -1.24. The molecule has 1 aromatic rings. The van der Waals surface area contributed by atoms with Crippen LogP contribution in [0.25, 0.3) is 0 Å². The van der Waals surface area contributed by atoms with Crippen LogP contribution in [0.4, 0.5) is 0 Å². The first-order chi connectivity index (χ1) is 7.45. The molecule has 1 aliphatic heterocycles. The molecule has 0 amide bonds. The van der Waals surface area contributed by atoms with E-state index in [1.54, 1.807) is 0 Å². The summed E-state index contributed by atoms with van der Waals surface area (Å²) in [6, 6.07) is 10.8. The summed E-state index contributed by atoms with van der Waals surface area (Å²) in [6.45, 7) is 1.12. The van der Waals surface area contributed by atoms with Crippen molar-refractivity contribution in [2.75, 3.05) is 6.54 Å². The highest BCUT2D eigenvalue weighted by molar-refractivity contribution is 5.15. The predicted octanol–water partition coefficient (Wildman–Crippen LogP) is 3.13. The Labute approximate surface area is 92.2 Å². The predicted molar refractivity (Wildman–Crippen MR) is 64.6 cm³/mol. The van der Waals surface area contributed by atoms with E-state index >= 15 is 0 Å². The van der Waals surface area contributed by atoms with Crippen LogP contribution in [0.3, 0.4) is 0 Å². The van der Waals surface area contributed by atoms with Gasteiger partial charge in [0.15, 0.2) is 0 Å². The molecule has 80 valence electrons. The molecule has 0 aromatic heterocycles. The lowest BCUT2D eigenvalue weighted by Gasteiger charge is -2.18. The van der Waals surface area contributed by atoms with E-state index in [-0.39, 0.29) is 0 Å². The third kappa shape index (κ3) is 3.43. The number of hydrogen-bond donors (Lipinski definition) is 1. The molecule has 1 aliphatic rings. The average molecular weight is 201 g/mol. The molecule has 15 heavy (non-hydrogen) atoms. The highest BCUT2D eigenvalue weighted by Gasteiger charge is 2.09. The fraction of sp³-hybridized carbons (Fsp3) is 0.429. The van der Waals surface area contributed by atoms with Crippen LogP contribution >= 0.6 is 0 Å². The van der Waals surface area contributed by atoms with Gasteiger partial charge >= 0.3 is 0 Å². The molecule has 1 nitrogen and oxygen atoms in total. The van der Waals surface area contributed by atoms with Gasteiger partial charge in [0.05, 0.1) is 0 Å². The van der Waals surface area contributed by atoms with E-state index in [1.165, 1.54) is 31.2 Å². The number of hydrogen-bond acceptors (Lipinski definition) is 1. The standard InChI is InChI=1S/C14H19N/c1-3-7-13(8-4-1)11-14-9-5-2-6-10-15-12-14/h1,3-4,6-8,10,14-15H,2,5,9,11-12H2. The Morgan fingerprint density at radius 2 is 2.07 bits per heavy atom. The van der Waals surface area contributed by atoms with Gasteiger partial charge in [-0.25, -0.2) is 0 Å². The summed E-state index contributed by atoms with van der Waals surface area (Å²) >= 11 is 0. The number of allylic oxidation sites excluding steroid dienone is 1.